The Hall–Kier alpha value is -2.22. The quantitative estimate of drug-likeness (QED) is 0.811. The number of rotatable bonds is 2. The molecule has 1 N–H and O–H groups in total. The van der Waals surface area contributed by atoms with Gasteiger partial charge in [-0.3, -0.25) is 4.98 Å². The average Bonchev–Trinajstić information content (AvgIpc) is 2.64. The second kappa shape index (κ2) is 4.11. The van der Waals surface area contributed by atoms with Crippen LogP contribution in [0.5, 0.6) is 0 Å². The molecule has 0 fully saturated rings. The van der Waals surface area contributed by atoms with E-state index in [4.69, 9.17) is 0 Å². The third-order valence-corrected chi connectivity index (χ3v) is 2.18. The Kier molecular flexibility index (Phi) is 2.64. The van der Waals surface area contributed by atoms with Gasteiger partial charge in [-0.2, -0.15) is 18.2 Å². The zero-order valence-electron chi connectivity index (χ0n) is 7.86. The van der Waals surface area contributed by atoms with Crippen LogP contribution in [0.4, 0.5) is 5.69 Å². The van der Waals surface area contributed by atoms with E-state index in [1.807, 2.05) is 0 Å². The molecule has 0 saturated heterocycles. The number of aromatic amines is 1. The summed E-state index contributed by atoms with van der Waals surface area (Å²) in [5.41, 5.74) is 0.00214. The number of aromatic nitrogens is 3. The Morgan fingerprint density at radius 3 is 2.69 bits per heavy atom. The van der Waals surface area contributed by atoms with Gasteiger partial charge in [0.2, 0.25) is 0 Å². The summed E-state index contributed by atoms with van der Waals surface area (Å²) >= 11 is 0. The Balaban J connectivity index is 2.71. The molecule has 8 heteroatoms. The number of H-pyrrole nitrogens is 1. The largest absolute Gasteiger partial charge is 0.347 e. The first kappa shape index (κ1) is 10.3. The van der Waals surface area contributed by atoms with Gasteiger partial charge < -0.3 is 0 Å². The molecule has 0 atom stereocenters. The monoisotopic (exact) mass is 238 g/mol. The van der Waals surface area contributed by atoms with Gasteiger partial charge in [-0.05, 0) is 12.1 Å². The minimum atomic E-state index is -2.57. The third kappa shape index (κ3) is 1.91. The zero-order valence-corrected chi connectivity index (χ0v) is 8.68. The molecule has 7 nitrogen and oxygen atoms in total. The number of nitrogens with one attached hydrogen (secondary N) is 1. The number of para-hydroxylation sites is 1. The molecule has 82 valence electrons. The standard InChI is InChI=1S/C8H6N4O3S/c13-8-9-5-10-12(8)7-4-2-1-3-6(7)11-16(14)15/h1-5H,(H,9,10,13). The van der Waals surface area contributed by atoms with Crippen molar-refractivity contribution in [1.29, 1.82) is 0 Å². The summed E-state index contributed by atoms with van der Waals surface area (Å²) in [4.78, 5) is 13.7. The molecule has 0 aliphatic rings. The number of hydrogen-bond acceptors (Lipinski definition) is 5. The first-order chi connectivity index (χ1) is 7.68. The van der Waals surface area contributed by atoms with Gasteiger partial charge >= 0.3 is 16.2 Å². The van der Waals surface area contributed by atoms with E-state index in [0.717, 1.165) is 4.68 Å². The van der Waals surface area contributed by atoms with Crippen LogP contribution in [0.25, 0.3) is 5.69 Å². The van der Waals surface area contributed by atoms with Crippen LogP contribution in [0.3, 0.4) is 0 Å². The molecule has 1 aromatic heterocycles. The lowest BCUT2D eigenvalue weighted by atomic mass is 10.3. The van der Waals surface area contributed by atoms with E-state index in [2.05, 4.69) is 14.4 Å². The molecule has 0 saturated carbocycles. The van der Waals surface area contributed by atoms with E-state index in [-0.39, 0.29) is 5.69 Å². The van der Waals surface area contributed by atoms with Gasteiger partial charge in [0.1, 0.15) is 12.0 Å². The fraction of sp³-hybridized carbons (Fsp3) is 0. The van der Waals surface area contributed by atoms with Gasteiger partial charge in [0, 0.05) is 0 Å². The summed E-state index contributed by atoms with van der Waals surface area (Å²) in [6.07, 6.45) is 1.22. The minimum Gasteiger partial charge on any atom is -0.295 e. The van der Waals surface area contributed by atoms with Crippen molar-refractivity contribution >= 4 is 16.2 Å². The maximum absolute atomic E-state index is 11.3. The maximum Gasteiger partial charge on any atom is 0.347 e. The first-order valence-electron chi connectivity index (χ1n) is 4.22. The third-order valence-electron chi connectivity index (χ3n) is 1.84. The smallest absolute Gasteiger partial charge is 0.295 e. The van der Waals surface area contributed by atoms with Crippen molar-refractivity contribution in [3.05, 3.63) is 41.1 Å². The topological polar surface area (TPSA) is 97.2 Å². The predicted molar refractivity (Wildman–Crippen MR) is 55.2 cm³/mol. The summed E-state index contributed by atoms with van der Waals surface area (Å²) in [5, 5.41) is 3.74. The van der Waals surface area contributed by atoms with Crippen LogP contribution in [0.1, 0.15) is 0 Å². The van der Waals surface area contributed by atoms with E-state index < -0.39 is 16.2 Å². The Bertz CT molecular complexity index is 690. The summed E-state index contributed by atoms with van der Waals surface area (Å²) < 4.78 is 25.4. The van der Waals surface area contributed by atoms with E-state index >= 15 is 0 Å². The summed E-state index contributed by atoms with van der Waals surface area (Å²) in [6.45, 7) is 0. The predicted octanol–water partition coefficient (Wildman–Crippen LogP) is 0.255. The van der Waals surface area contributed by atoms with Crippen LogP contribution >= 0.6 is 0 Å². The fourth-order valence-electron chi connectivity index (χ4n) is 1.23. The van der Waals surface area contributed by atoms with Crippen molar-refractivity contribution in [3.63, 3.8) is 0 Å². The summed E-state index contributed by atoms with van der Waals surface area (Å²) in [5.74, 6) is 0. The Morgan fingerprint density at radius 2 is 2.06 bits per heavy atom. The van der Waals surface area contributed by atoms with Gasteiger partial charge in [0.05, 0.1) is 5.69 Å². The van der Waals surface area contributed by atoms with Crippen molar-refractivity contribution in [2.75, 3.05) is 0 Å². The van der Waals surface area contributed by atoms with E-state index in [0.29, 0.717) is 5.69 Å². The summed E-state index contributed by atoms with van der Waals surface area (Å²) in [7, 11) is -2.57. The lowest BCUT2D eigenvalue weighted by molar-refractivity contribution is 0.622. The van der Waals surface area contributed by atoms with Crippen molar-refractivity contribution in [3.8, 4) is 5.69 Å². The molecule has 0 unspecified atom stereocenters. The number of hydrogen-bond donors (Lipinski definition) is 1. The molecule has 0 aliphatic carbocycles. The van der Waals surface area contributed by atoms with Crippen molar-refractivity contribution in [2.45, 2.75) is 0 Å². The van der Waals surface area contributed by atoms with Crippen LogP contribution in [-0.4, -0.2) is 23.2 Å². The maximum atomic E-state index is 11.3. The fourth-order valence-corrected chi connectivity index (χ4v) is 1.54. The van der Waals surface area contributed by atoms with Gasteiger partial charge in [-0.15, -0.1) is 4.36 Å². The molecule has 16 heavy (non-hydrogen) atoms. The molecule has 2 rings (SSSR count). The van der Waals surface area contributed by atoms with Gasteiger partial charge in [-0.25, -0.2) is 4.79 Å². The van der Waals surface area contributed by atoms with Crippen molar-refractivity contribution in [2.24, 2.45) is 4.36 Å². The lowest BCUT2D eigenvalue weighted by Gasteiger charge is -2.00. The highest BCUT2D eigenvalue weighted by Crippen LogP contribution is 2.20. The molecule has 0 radical (unpaired) electrons. The van der Waals surface area contributed by atoms with Gasteiger partial charge in [-0.1, -0.05) is 12.1 Å². The highest BCUT2D eigenvalue weighted by atomic mass is 32.2. The van der Waals surface area contributed by atoms with E-state index in [1.165, 1.54) is 12.4 Å². The normalized spacial score (nSPS) is 10.0. The van der Waals surface area contributed by atoms with Crippen LogP contribution < -0.4 is 5.69 Å². The van der Waals surface area contributed by atoms with E-state index in [1.54, 1.807) is 18.2 Å². The highest BCUT2D eigenvalue weighted by molar-refractivity contribution is 7.61. The van der Waals surface area contributed by atoms with E-state index in [9.17, 15) is 13.2 Å². The molecule has 0 amide bonds. The molecular formula is C8H6N4O3S. The first-order valence-corrected chi connectivity index (χ1v) is 5.25. The van der Waals surface area contributed by atoms with Gasteiger partial charge in [0.25, 0.3) is 0 Å². The molecular weight excluding hydrogens is 232 g/mol. The van der Waals surface area contributed by atoms with Crippen molar-refractivity contribution in [1.82, 2.24) is 14.8 Å². The van der Waals surface area contributed by atoms with Crippen LogP contribution in [-0.2, 0) is 10.5 Å². The second-order valence-corrected chi connectivity index (χ2v) is 3.42. The molecule has 0 spiro atoms. The molecule has 0 bridgehead atoms. The van der Waals surface area contributed by atoms with Crippen molar-refractivity contribution < 1.29 is 8.42 Å². The number of benzene rings is 1. The second-order valence-electron chi connectivity index (χ2n) is 2.80. The minimum absolute atomic E-state index is 0.157. The lowest BCUT2D eigenvalue weighted by Crippen LogP contribution is -2.15. The van der Waals surface area contributed by atoms with Crippen LogP contribution in [0.2, 0.25) is 0 Å². The SMILES string of the molecule is O=c1[nH]cnn1-c1ccccc1N=S(=O)=O. The molecule has 2 aromatic rings. The van der Waals surface area contributed by atoms with Crippen LogP contribution in [0, 0.1) is 0 Å². The number of nitrogens with zero attached hydrogens (tertiary/aromatic N) is 3. The summed E-state index contributed by atoms with van der Waals surface area (Å²) in [6, 6.07) is 6.30. The highest BCUT2D eigenvalue weighted by Gasteiger charge is 2.06. The molecule has 1 heterocycles. The molecule has 1 aromatic carbocycles. The average molecular weight is 238 g/mol. The van der Waals surface area contributed by atoms with Crippen LogP contribution in [0.15, 0.2) is 39.8 Å². The van der Waals surface area contributed by atoms with Gasteiger partial charge in [0.15, 0.2) is 0 Å². The Morgan fingerprint density at radius 1 is 1.31 bits per heavy atom. The Labute approximate surface area is 91.1 Å². The zero-order chi connectivity index (χ0) is 11.5. The molecule has 0 aliphatic heterocycles.